The Morgan fingerprint density at radius 3 is 1.31 bits per heavy atom. The molecule has 4 N–H and O–H groups in total. The van der Waals surface area contributed by atoms with E-state index in [-0.39, 0.29) is 51.9 Å². The second-order valence-corrected chi connectivity index (χ2v) is 7.23. The molecule has 6 amide bonds. The molecule has 174 valence electrons. The summed E-state index contributed by atoms with van der Waals surface area (Å²) in [5, 5.41) is 25.0. The maximum atomic E-state index is 11.8. The number of nitrogens with zero attached hydrogens (tertiary/aromatic N) is 2. The first kappa shape index (κ1) is 24.9. The van der Waals surface area contributed by atoms with Gasteiger partial charge in [0.05, 0.1) is 12.2 Å². The Bertz CT molecular complexity index is 733. The second kappa shape index (κ2) is 11.9. The van der Waals surface area contributed by atoms with Crippen molar-refractivity contribution in [1.29, 1.82) is 0 Å². The topological polar surface area (TPSA) is 173 Å². The van der Waals surface area contributed by atoms with Gasteiger partial charge in [-0.1, -0.05) is 0 Å². The fourth-order valence-electron chi connectivity index (χ4n) is 3.01. The number of hydrogen-bond acceptors (Lipinski definition) is 8. The Labute approximate surface area is 183 Å². The van der Waals surface area contributed by atoms with Gasteiger partial charge in [0.15, 0.2) is 0 Å². The van der Waals surface area contributed by atoms with Crippen LogP contribution in [0.25, 0.3) is 0 Å². The molecule has 0 aromatic heterocycles. The zero-order valence-electron chi connectivity index (χ0n) is 17.4. The molecule has 0 fully saturated rings. The zero-order valence-corrected chi connectivity index (χ0v) is 17.4. The van der Waals surface area contributed by atoms with Crippen LogP contribution in [-0.4, -0.2) is 93.8 Å². The number of nitrogens with one attached hydrogen (secondary N) is 2. The van der Waals surface area contributed by atoms with E-state index in [1.54, 1.807) is 0 Å². The third-order valence-corrected chi connectivity index (χ3v) is 4.89. The number of aliphatic hydroxyl groups is 2. The lowest BCUT2D eigenvalue weighted by atomic mass is 10.1. The van der Waals surface area contributed by atoms with Gasteiger partial charge >= 0.3 is 0 Å². The lowest BCUT2D eigenvalue weighted by molar-refractivity contribution is -0.139. The number of aliphatic hydroxyl groups excluding tert-OH is 2. The molecule has 2 unspecified atom stereocenters. The highest BCUT2D eigenvalue weighted by molar-refractivity contribution is 6.13. The zero-order chi connectivity index (χ0) is 23.7. The molecule has 0 radical (unpaired) electrons. The SMILES string of the molecule is O=C(CCN1C(=O)C=CC1=O)NCCC(O)C(O)CCNC(=O)CCN1C(=O)C=CC1=O. The van der Waals surface area contributed by atoms with Crippen LogP contribution in [0, 0.1) is 0 Å². The fourth-order valence-corrected chi connectivity index (χ4v) is 3.01. The summed E-state index contributed by atoms with van der Waals surface area (Å²) in [7, 11) is 0. The Morgan fingerprint density at radius 1 is 0.688 bits per heavy atom. The first-order chi connectivity index (χ1) is 15.2. The standard InChI is InChI=1S/C20H26N4O8/c25-13(5-9-21-15(27)7-11-23-17(29)1-2-18(23)30)14(26)6-10-22-16(28)8-12-24-19(31)3-4-20(24)32/h1-4,13-14,25-26H,5-12H2,(H,21,27)(H,22,28). The Hall–Kier alpha value is -3.38. The van der Waals surface area contributed by atoms with Crippen LogP contribution in [-0.2, 0) is 28.8 Å². The quantitative estimate of drug-likeness (QED) is 0.220. The molecule has 2 atom stereocenters. The minimum atomic E-state index is -1.14. The van der Waals surface area contributed by atoms with E-state index in [0.29, 0.717) is 0 Å². The van der Waals surface area contributed by atoms with Gasteiger partial charge in [0.2, 0.25) is 11.8 Å². The molecule has 2 aliphatic heterocycles. The van der Waals surface area contributed by atoms with Crippen LogP contribution in [0.4, 0.5) is 0 Å². The van der Waals surface area contributed by atoms with E-state index in [0.717, 1.165) is 34.1 Å². The van der Waals surface area contributed by atoms with Crippen molar-refractivity contribution in [3.05, 3.63) is 24.3 Å². The lowest BCUT2D eigenvalue weighted by Crippen LogP contribution is -2.38. The van der Waals surface area contributed by atoms with Gasteiger partial charge in [-0.3, -0.25) is 38.6 Å². The number of carbonyl (C=O) groups is 6. The number of rotatable bonds is 13. The van der Waals surface area contributed by atoms with E-state index >= 15 is 0 Å². The van der Waals surface area contributed by atoms with Gasteiger partial charge in [0, 0.05) is 63.3 Å². The van der Waals surface area contributed by atoms with E-state index in [9.17, 15) is 39.0 Å². The molecule has 0 bridgehead atoms. The van der Waals surface area contributed by atoms with Crippen molar-refractivity contribution in [3.63, 3.8) is 0 Å². The molecule has 0 aromatic carbocycles. The summed E-state index contributed by atoms with van der Waals surface area (Å²) in [5.74, 6) is -2.69. The van der Waals surface area contributed by atoms with Gasteiger partial charge in [0.1, 0.15) is 0 Å². The van der Waals surface area contributed by atoms with Crippen molar-refractivity contribution >= 4 is 35.4 Å². The predicted octanol–water partition coefficient (Wildman–Crippen LogP) is -2.65. The van der Waals surface area contributed by atoms with Gasteiger partial charge in [-0.05, 0) is 12.8 Å². The fraction of sp³-hybridized carbons (Fsp3) is 0.500. The number of hydrogen-bond donors (Lipinski definition) is 4. The van der Waals surface area contributed by atoms with Crippen molar-refractivity contribution in [3.8, 4) is 0 Å². The van der Waals surface area contributed by atoms with Gasteiger partial charge in [-0.15, -0.1) is 0 Å². The molecule has 0 saturated heterocycles. The van der Waals surface area contributed by atoms with Crippen LogP contribution in [0.2, 0.25) is 0 Å². The molecule has 12 nitrogen and oxygen atoms in total. The molecule has 0 saturated carbocycles. The number of imide groups is 2. The van der Waals surface area contributed by atoms with E-state index in [4.69, 9.17) is 0 Å². The van der Waals surface area contributed by atoms with Crippen LogP contribution in [0.15, 0.2) is 24.3 Å². The van der Waals surface area contributed by atoms with Gasteiger partial charge in [-0.2, -0.15) is 0 Å². The molecule has 32 heavy (non-hydrogen) atoms. The van der Waals surface area contributed by atoms with Crippen molar-refractivity contribution < 1.29 is 39.0 Å². The third kappa shape index (κ3) is 7.39. The van der Waals surface area contributed by atoms with Crippen molar-refractivity contribution in [2.75, 3.05) is 26.2 Å². The van der Waals surface area contributed by atoms with E-state index in [1.807, 2.05) is 0 Å². The minimum Gasteiger partial charge on any atom is -0.390 e. The molecule has 2 heterocycles. The van der Waals surface area contributed by atoms with Crippen molar-refractivity contribution in [2.24, 2.45) is 0 Å². The summed E-state index contributed by atoms with van der Waals surface area (Å²) in [6, 6.07) is 0. The van der Waals surface area contributed by atoms with Gasteiger partial charge in [-0.25, -0.2) is 0 Å². The van der Waals surface area contributed by atoms with E-state index < -0.39 is 47.7 Å². The summed E-state index contributed by atoms with van der Waals surface area (Å²) in [4.78, 5) is 71.0. The molecule has 2 rings (SSSR count). The van der Waals surface area contributed by atoms with E-state index in [2.05, 4.69) is 10.6 Å². The maximum absolute atomic E-state index is 11.8. The Balaban J connectivity index is 1.53. The summed E-state index contributed by atoms with van der Waals surface area (Å²) in [6.45, 7) is 0.0704. The molecule has 2 aliphatic rings. The van der Waals surface area contributed by atoms with Crippen LogP contribution in [0.5, 0.6) is 0 Å². The van der Waals surface area contributed by atoms with Crippen LogP contribution in [0.1, 0.15) is 25.7 Å². The highest BCUT2D eigenvalue weighted by atomic mass is 16.3. The van der Waals surface area contributed by atoms with E-state index in [1.165, 1.54) is 0 Å². The summed E-state index contributed by atoms with van der Waals surface area (Å²) in [5.41, 5.74) is 0. The van der Waals surface area contributed by atoms with Crippen LogP contribution >= 0.6 is 0 Å². The van der Waals surface area contributed by atoms with Crippen molar-refractivity contribution in [2.45, 2.75) is 37.9 Å². The normalized spacial score (nSPS) is 17.3. The number of amides is 6. The predicted molar refractivity (Wildman–Crippen MR) is 108 cm³/mol. The molecule has 0 spiro atoms. The average Bonchev–Trinajstić information content (AvgIpc) is 3.24. The van der Waals surface area contributed by atoms with Crippen molar-refractivity contribution in [1.82, 2.24) is 20.4 Å². The average molecular weight is 450 g/mol. The minimum absolute atomic E-state index is 0.0437. The first-order valence-corrected chi connectivity index (χ1v) is 10.2. The third-order valence-electron chi connectivity index (χ3n) is 4.89. The second-order valence-electron chi connectivity index (χ2n) is 7.23. The van der Waals surface area contributed by atoms with Gasteiger partial charge in [0.25, 0.3) is 23.6 Å². The van der Waals surface area contributed by atoms with Gasteiger partial charge < -0.3 is 20.8 Å². The Morgan fingerprint density at radius 2 is 1.00 bits per heavy atom. The molecule has 0 aliphatic carbocycles. The smallest absolute Gasteiger partial charge is 0.253 e. The lowest BCUT2D eigenvalue weighted by Gasteiger charge is -2.19. The maximum Gasteiger partial charge on any atom is 0.253 e. The molecular formula is C20H26N4O8. The monoisotopic (exact) mass is 450 g/mol. The summed E-state index contributed by atoms with van der Waals surface area (Å²) >= 11 is 0. The largest absolute Gasteiger partial charge is 0.390 e. The summed E-state index contributed by atoms with van der Waals surface area (Å²) in [6.07, 6.45) is 2.24. The number of carbonyl (C=O) groups excluding carboxylic acids is 6. The first-order valence-electron chi connectivity index (χ1n) is 10.2. The molecule has 12 heteroatoms. The molecular weight excluding hydrogens is 424 g/mol. The Kier molecular flexibility index (Phi) is 9.22. The van der Waals surface area contributed by atoms with Crippen LogP contribution in [0.3, 0.4) is 0 Å². The summed E-state index contributed by atoms with van der Waals surface area (Å²) < 4.78 is 0. The highest BCUT2D eigenvalue weighted by Gasteiger charge is 2.24. The molecule has 0 aromatic rings. The van der Waals surface area contributed by atoms with Crippen LogP contribution < -0.4 is 10.6 Å². The highest BCUT2D eigenvalue weighted by Crippen LogP contribution is 2.06.